The molecule has 0 aliphatic rings. The van der Waals surface area contributed by atoms with Gasteiger partial charge in [-0.1, -0.05) is 65.6 Å². The molecule has 22 heavy (non-hydrogen) atoms. The van der Waals surface area contributed by atoms with Crippen molar-refractivity contribution in [1.82, 2.24) is 5.32 Å². The van der Waals surface area contributed by atoms with Gasteiger partial charge in [-0.3, -0.25) is 4.79 Å². The molecule has 4 heteroatoms. The molecule has 114 valence electrons. The molecule has 0 heterocycles. The summed E-state index contributed by atoms with van der Waals surface area (Å²) in [6.07, 6.45) is 4.96. The normalized spacial score (nSPS) is 10.8. The fraction of sp³-hybridized carbons (Fsp3) is 0.167. The van der Waals surface area contributed by atoms with Crippen molar-refractivity contribution in [2.45, 2.75) is 6.42 Å². The minimum atomic E-state index is -0.0434. The highest BCUT2D eigenvalue weighted by Gasteiger charge is 2.03. The van der Waals surface area contributed by atoms with E-state index < -0.39 is 0 Å². The van der Waals surface area contributed by atoms with Crippen LogP contribution in [0.15, 0.2) is 54.6 Å². The average Bonchev–Trinajstić information content (AvgIpc) is 2.58. The fourth-order valence-electron chi connectivity index (χ4n) is 1.93. The zero-order valence-electron chi connectivity index (χ0n) is 12.2. The Balaban J connectivity index is 1.90. The van der Waals surface area contributed by atoms with Crippen LogP contribution >= 0.6 is 21.7 Å². The first-order valence-corrected chi connectivity index (χ1v) is 8.96. The summed E-state index contributed by atoms with van der Waals surface area (Å²) in [6.45, 7) is 0.647. The lowest BCUT2D eigenvalue weighted by atomic mass is 10.1. The van der Waals surface area contributed by atoms with Gasteiger partial charge in [-0.15, -0.1) is 0 Å². The van der Waals surface area contributed by atoms with Crippen molar-refractivity contribution in [2.75, 3.05) is 12.3 Å². The van der Waals surface area contributed by atoms with Crippen molar-refractivity contribution in [1.29, 1.82) is 0 Å². The Morgan fingerprint density at radius 3 is 2.27 bits per heavy atom. The minimum Gasteiger partial charge on any atom is -0.352 e. The van der Waals surface area contributed by atoms with Crippen molar-refractivity contribution in [2.24, 2.45) is 0 Å². The molecule has 0 atom stereocenters. The molecule has 0 fully saturated rings. The molecule has 0 bridgehead atoms. The van der Waals surface area contributed by atoms with Gasteiger partial charge >= 0.3 is 0 Å². The van der Waals surface area contributed by atoms with E-state index >= 15 is 0 Å². The van der Waals surface area contributed by atoms with Gasteiger partial charge in [0.25, 0.3) is 5.91 Å². The Labute approximate surface area is 140 Å². The second kappa shape index (κ2) is 9.34. The Hall–Kier alpha value is -1.71. The number of carbonyl (C=O) groups is 1. The van der Waals surface area contributed by atoms with Crippen LogP contribution in [0.1, 0.15) is 27.9 Å². The third-order valence-corrected chi connectivity index (χ3v) is 4.03. The smallest absolute Gasteiger partial charge is 0.251 e. The molecule has 2 aromatic rings. The van der Waals surface area contributed by atoms with Crippen LogP contribution in [0.5, 0.6) is 0 Å². The van der Waals surface area contributed by atoms with E-state index in [1.807, 2.05) is 48.5 Å². The van der Waals surface area contributed by atoms with E-state index in [1.165, 1.54) is 11.0 Å². The third kappa shape index (κ3) is 5.58. The largest absolute Gasteiger partial charge is 0.352 e. The molecule has 0 spiro atoms. The Kier molecular flexibility index (Phi) is 7.07. The zero-order valence-corrected chi connectivity index (χ0v) is 13.7. The van der Waals surface area contributed by atoms with Crippen LogP contribution in [0.3, 0.4) is 0 Å². The molecule has 0 saturated heterocycles. The van der Waals surface area contributed by atoms with E-state index in [1.54, 1.807) is 0 Å². The van der Waals surface area contributed by atoms with Gasteiger partial charge in [0, 0.05) is 17.9 Å². The zero-order chi connectivity index (χ0) is 15.6. The molecule has 0 radical (unpaired) electrons. The summed E-state index contributed by atoms with van der Waals surface area (Å²) in [5.74, 6) is 0.795. The lowest BCUT2D eigenvalue weighted by Gasteiger charge is -2.04. The molecule has 2 nitrogen and oxygen atoms in total. The van der Waals surface area contributed by atoms with E-state index in [-0.39, 0.29) is 5.91 Å². The molecule has 1 amide bonds. The summed E-state index contributed by atoms with van der Waals surface area (Å²) in [6, 6.07) is 17.7. The van der Waals surface area contributed by atoms with Gasteiger partial charge in [0.2, 0.25) is 0 Å². The van der Waals surface area contributed by atoms with Crippen molar-refractivity contribution < 1.29 is 4.79 Å². The van der Waals surface area contributed by atoms with Crippen LogP contribution in [0, 0.1) is 0 Å². The van der Waals surface area contributed by atoms with E-state index in [2.05, 4.69) is 23.5 Å². The van der Waals surface area contributed by atoms with E-state index in [0.717, 1.165) is 23.3 Å². The van der Waals surface area contributed by atoms with Gasteiger partial charge in [-0.05, 0) is 40.4 Å². The number of nitrogens with one attached hydrogen (secondary N) is 1. The second-order valence-electron chi connectivity index (χ2n) is 4.79. The summed E-state index contributed by atoms with van der Waals surface area (Å²) in [4.78, 5) is 11.9. The highest BCUT2D eigenvalue weighted by molar-refractivity contribution is 8.21. The molecular weight excluding hydrogens is 314 g/mol. The third-order valence-electron chi connectivity index (χ3n) is 3.12. The Bertz CT molecular complexity index is 611. The molecule has 0 saturated carbocycles. The number of hydrogen-bond donors (Lipinski definition) is 1. The van der Waals surface area contributed by atoms with Crippen LogP contribution in [0.2, 0.25) is 0 Å². The number of rotatable bonds is 7. The number of amides is 1. The standard InChI is InChI=1S/C18H18ClNOS/c19-22-14-4-13-20-18(21)17-11-9-16(10-12-17)8-7-15-5-2-1-3-6-15/h1-3,5-12H,4,13-14H2,(H,20,21)/b8-7+. The quantitative estimate of drug-likeness (QED) is 0.579. The van der Waals surface area contributed by atoms with Crippen LogP contribution < -0.4 is 5.32 Å². The Morgan fingerprint density at radius 1 is 1.00 bits per heavy atom. The maximum Gasteiger partial charge on any atom is 0.251 e. The van der Waals surface area contributed by atoms with Crippen LogP contribution in [-0.2, 0) is 0 Å². The highest BCUT2D eigenvalue weighted by Crippen LogP contribution is 2.10. The number of carbonyl (C=O) groups excluding carboxylic acids is 1. The molecule has 0 aliphatic carbocycles. The second-order valence-corrected chi connectivity index (χ2v) is 6.07. The SMILES string of the molecule is O=C(NCCCSCl)c1ccc(/C=C/c2ccccc2)cc1. The van der Waals surface area contributed by atoms with Gasteiger partial charge in [0.1, 0.15) is 0 Å². The van der Waals surface area contributed by atoms with Crippen molar-refractivity contribution in [3.63, 3.8) is 0 Å². The first-order chi connectivity index (χ1) is 10.8. The lowest BCUT2D eigenvalue weighted by molar-refractivity contribution is 0.0954. The number of halogens is 1. The first kappa shape index (κ1) is 16.7. The average molecular weight is 332 g/mol. The van der Waals surface area contributed by atoms with Crippen LogP contribution in [0.4, 0.5) is 0 Å². The first-order valence-electron chi connectivity index (χ1n) is 7.14. The minimum absolute atomic E-state index is 0.0434. The van der Waals surface area contributed by atoms with Gasteiger partial charge < -0.3 is 5.32 Å². The molecule has 2 rings (SSSR count). The summed E-state index contributed by atoms with van der Waals surface area (Å²) >= 11 is 0. The molecule has 0 aromatic heterocycles. The fourth-order valence-corrected chi connectivity index (χ4v) is 2.51. The Morgan fingerprint density at radius 2 is 1.64 bits per heavy atom. The molecule has 0 aliphatic heterocycles. The van der Waals surface area contributed by atoms with Gasteiger partial charge in [0.15, 0.2) is 0 Å². The van der Waals surface area contributed by atoms with Crippen molar-refractivity contribution in [3.05, 3.63) is 71.3 Å². The van der Waals surface area contributed by atoms with Crippen molar-refractivity contribution in [3.8, 4) is 0 Å². The molecule has 0 unspecified atom stereocenters. The van der Waals surface area contributed by atoms with E-state index in [4.69, 9.17) is 10.7 Å². The molecule has 2 aromatic carbocycles. The predicted molar refractivity (Wildman–Crippen MR) is 97.1 cm³/mol. The van der Waals surface area contributed by atoms with Crippen LogP contribution in [-0.4, -0.2) is 18.2 Å². The van der Waals surface area contributed by atoms with Gasteiger partial charge in [0.05, 0.1) is 0 Å². The van der Waals surface area contributed by atoms with Crippen LogP contribution in [0.25, 0.3) is 12.2 Å². The predicted octanol–water partition coefficient (Wildman–Crippen LogP) is 4.86. The monoisotopic (exact) mass is 331 g/mol. The molecular formula is C18H18ClNOS. The van der Waals surface area contributed by atoms with E-state index in [9.17, 15) is 4.79 Å². The number of hydrogen-bond acceptors (Lipinski definition) is 2. The maximum atomic E-state index is 11.9. The summed E-state index contributed by atoms with van der Waals surface area (Å²) in [5, 5.41) is 2.88. The van der Waals surface area contributed by atoms with E-state index in [0.29, 0.717) is 12.1 Å². The van der Waals surface area contributed by atoms with Crippen molar-refractivity contribution >= 4 is 39.7 Å². The lowest BCUT2D eigenvalue weighted by Crippen LogP contribution is -2.24. The molecule has 1 N–H and O–H groups in total. The van der Waals surface area contributed by atoms with Gasteiger partial charge in [-0.25, -0.2) is 0 Å². The summed E-state index contributed by atoms with van der Waals surface area (Å²) < 4.78 is 0. The number of benzene rings is 2. The highest BCUT2D eigenvalue weighted by atomic mass is 35.7. The maximum absolute atomic E-state index is 11.9. The topological polar surface area (TPSA) is 29.1 Å². The van der Waals surface area contributed by atoms with Gasteiger partial charge in [-0.2, -0.15) is 0 Å². The summed E-state index contributed by atoms with van der Waals surface area (Å²) in [5.41, 5.74) is 2.90. The summed E-state index contributed by atoms with van der Waals surface area (Å²) in [7, 11) is 6.79.